The van der Waals surface area contributed by atoms with E-state index in [9.17, 15) is 9.59 Å². The average Bonchev–Trinajstić information content (AvgIpc) is 3.07. The van der Waals surface area contributed by atoms with Gasteiger partial charge in [-0.25, -0.2) is 0 Å². The van der Waals surface area contributed by atoms with Crippen molar-refractivity contribution in [1.29, 1.82) is 0 Å². The molecular formula is C43H44O2. The van der Waals surface area contributed by atoms with Crippen LogP contribution in [0.15, 0.2) is 109 Å². The smallest absolute Gasteiger partial charge is 0.164 e. The van der Waals surface area contributed by atoms with Crippen LogP contribution in [0.4, 0.5) is 0 Å². The summed E-state index contributed by atoms with van der Waals surface area (Å²) < 4.78 is 0. The van der Waals surface area contributed by atoms with Gasteiger partial charge in [0.15, 0.2) is 11.6 Å². The molecule has 0 amide bonds. The molecule has 0 heterocycles. The molecule has 2 nitrogen and oxygen atoms in total. The highest BCUT2D eigenvalue weighted by Gasteiger charge is 2.16. The van der Waals surface area contributed by atoms with Gasteiger partial charge in [0.1, 0.15) is 0 Å². The van der Waals surface area contributed by atoms with Crippen LogP contribution in [0.25, 0.3) is 43.1 Å². The number of hydrogen-bond donors (Lipinski definition) is 0. The first-order valence-electron chi connectivity index (χ1n) is 17.1. The van der Waals surface area contributed by atoms with E-state index in [2.05, 4.69) is 60.7 Å². The molecule has 0 aliphatic heterocycles. The van der Waals surface area contributed by atoms with E-state index in [1.807, 2.05) is 48.5 Å². The Morgan fingerprint density at radius 1 is 0.333 bits per heavy atom. The minimum absolute atomic E-state index is 0.273. The third-order valence-corrected chi connectivity index (χ3v) is 9.41. The minimum Gasteiger partial charge on any atom is -0.294 e. The first-order valence-corrected chi connectivity index (χ1v) is 17.1. The Balaban J connectivity index is 0.857. The Bertz CT molecular complexity index is 1680. The summed E-state index contributed by atoms with van der Waals surface area (Å²) in [5.41, 5.74) is 1.80. The van der Waals surface area contributed by atoms with Gasteiger partial charge in [0.2, 0.25) is 0 Å². The monoisotopic (exact) mass is 592 g/mol. The van der Waals surface area contributed by atoms with Gasteiger partial charge in [-0.05, 0) is 68.1 Å². The fourth-order valence-electron chi connectivity index (χ4n) is 7.04. The molecule has 6 aromatic rings. The van der Waals surface area contributed by atoms with Crippen LogP contribution in [0.3, 0.4) is 0 Å². The molecule has 0 fully saturated rings. The number of ketones is 2. The Morgan fingerprint density at radius 2 is 0.578 bits per heavy atom. The highest BCUT2D eigenvalue weighted by Crippen LogP contribution is 2.31. The zero-order valence-electron chi connectivity index (χ0n) is 26.4. The number of benzene rings is 6. The molecule has 0 N–H and O–H groups in total. The molecule has 0 saturated heterocycles. The van der Waals surface area contributed by atoms with Gasteiger partial charge in [-0.15, -0.1) is 0 Å². The van der Waals surface area contributed by atoms with E-state index in [1.165, 1.54) is 44.9 Å². The summed E-state index contributed by atoms with van der Waals surface area (Å²) in [5.74, 6) is 0.547. The zero-order valence-corrected chi connectivity index (χ0v) is 26.4. The molecule has 6 aromatic carbocycles. The standard InChI is InChI=1S/C43H44O2/c44-40(42-36-24-16-12-20-32(36)30-33-21-13-17-25-37(33)42)28-10-8-6-4-2-1-3-5-7-9-11-29-41(45)43-38-26-18-14-22-34(38)31-35-23-15-19-27-39(35)43/h12-27,30-31H,1-11,28-29H2. The predicted octanol–water partition coefficient (Wildman–Crippen LogP) is 12.4. The van der Waals surface area contributed by atoms with Gasteiger partial charge in [-0.2, -0.15) is 0 Å². The summed E-state index contributed by atoms with van der Waals surface area (Å²) in [6, 6.07) is 37.5. The second-order valence-electron chi connectivity index (χ2n) is 12.6. The Morgan fingerprint density at radius 3 is 0.867 bits per heavy atom. The summed E-state index contributed by atoms with van der Waals surface area (Å²) in [6.45, 7) is 0. The van der Waals surface area contributed by atoms with E-state index in [-0.39, 0.29) is 11.6 Å². The van der Waals surface area contributed by atoms with Gasteiger partial charge in [0.05, 0.1) is 0 Å². The van der Waals surface area contributed by atoms with Crippen LogP contribution in [0.5, 0.6) is 0 Å². The molecule has 0 aliphatic rings. The van der Waals surface area contributed by atoms with Gasteiger partial charge < -0.3 is 0 Å². The maximum Gasteiger partial charge on any atom is 0.164 e. The Labute approximate surface area is 267 Å². The van der Waals surface area contributed by atoms with Crippen molar-refractivity contribution < 1.29 is 9.59 Å². The van der Waals surface area contributed by atoms with E-state index in [0.29, 0.717) is 12.8 Å². The predicted molar refractivity (Wildman–Crippen MR) is 192 cm³/mol. The lowest BCUT2D eigenvalue weighted by atomic mass is 9.92. The maximum absolute atomic E-state index is 13.3. The van der Waals surface area contributed by atoms with E-state index in [4.69, 9.17) is 0 Å². The molecule has 0 radical (unpaired) electrons. The van der Waals surface area contributed by atoms with Crippen molar-refractivity contribution in [2.24, 2.45) is 0 Å². The van der Waals surface area contributed by atoms with Gasteiger partial charge in [-0.1, -0.05) is 155 Å². The SMILES string of the molecule is O=C(CCCCCCCCCCCCCC(=O)c1c2ccccc2cc2ccccc12)c1c2ccccc2cc2ccccc12. The highest BCUT2D eigenvalue weighted by atomic mass is 16.1. The van der Waals surface area contributed by atoms with Crippen molar-refractivity contribution in [3.8, 4) is 0 Å². The number of rotatable bonds is 16. The van der Waals surface area contributed by atoms with E-state index < -0.39 is 0 Å². The van der Waals surface area contributed by atoms with Crippen LogP contribution in [-0.4, -0.2) is 11.6 Å². The van der Waals surface area contributed by atoms with Crippen LogP contribution in [-0.2, 0) is 0 Å². The van der Waals surface area contributed by atoms with Crippen LogP contribution >= 0.6 is 0 Å². The first kappa shape index (κ1) is 30.7. The molecule has 228 valence electrons. The van der Waals surface area contributed by atoms with Gasteiger partial charge in [-0.3, -0.25) is 9.59 Å². The molecule has 0 unspecified atom stereocenters. The molecule has 6 rings (SSSR count). The van der Waals surface area contributed by atoms with Gasteiger partial charge in [0, 0.05) is 24.0 Å². The zero-order chi connectivity index (χ0) is 30.8. The lowest BCUT2D eigenvalue weighted by molar-refractivity contribution is 0.0974. The Hall–Kier alpha value is -4.30. The van der Waals surface area contributed by atoms with Crippen LogP contribution in [0.1, 0.15) is 104 Å². The highest BCUT2D eigenvalue weighted by molar-refractivity contribution is 6.19. The molecule has 0 spiro atoms. The summed E-state index contributed by atoms with van der Waals surface area (Å²) in [4.78, 5) is 26.7. The average molecular weight is 593 g/mol. The van der Waals surface area contributed by atoms with E-state index >= 15 is 0 Å². The molecular weight excluding hydrogens is 548 g/mol. The number of carbonyl (C=O) groups excluding carboxylic acids is 2. The third-order valence-electron chi connectivity index (χ3n) is 9.41. The van der Waals surface area contributed by atoms with Crippen LogP contribution in [0, 0.1) is 0 Å². The second kappa shape index (κ2) is 15.1. The summed E-state index contributed by atoms with van der Waals surface area (Å²) >= 11 is 0. The quantitative estimate of drug-likeness (QED) is 0.0636. The normalized spacial score (nSPS) is 11.6. The largest absolute Gasteiger partial charge is 0.294 e. The minimum atomic E-state index is 0.273. The van der Waals surface area contributed by atoms with Crippen LogP contribution in [0.2, 0.25) is 0 Å². The summed E-state index contributed by atoms with van der Waals surface area (Å²) in [6.07, 6.45) is 14.1. The number of fused-ring (bicyclic) bond motifs is 4. The third kappa shape index (κ3) is 7.34. The number of unbranched alkanes of at least 4 members (excludes halogenated alkanes) is 10. The number of hydrogen-bond acceptors (Lipinski definition) is 2. The molecule has 45 heavy (non-hydrogen) atoms. The number of Topliss-reactive ketones (excluding diaryl/α,β-unsaturated/α-hetero) is 2. The molecule has 0 atom stereocenters. The fourth-order valence-corrected chi connectivity index (χ4v) is 7.04. The lowest BCUT2D eigenvalue weighted by Gasteiger charge is -2.11. The van der Waals surface area contributed by atoms with E-state index in [1.54, 1.807) is 0 Å². The molecule has 0 saturated carbocycles. The van der Waals surface area contributed by atoms with Gasteiger partial charge >= 0.3 is 0 Å². The van der Waals surface area contributed by atoms with Crippen molar-refractivity contribution in [2.75, 3.05) is 0 Å². The van der Waals surface area contributed by atoms with Crippen molar-refractivity contribution >= 4 is 54.7 Å². The van der Waals surface area contributed by atoms with Crippen molar-refractivity contribution in [2.45, 2.75) is 83.5 Å². The fraction of sp³-hybridized carbons (Fsp3) is 0.302. The molecule has 2 heteroatoms. The molecule has 0 aromatic heterocycles. The van der Waals surface area contributed by atoms with Crippen LogP contribution < -0.4 is 0 Å². The number of carbonyl (C=O) groups is 2. The second-order valence-corrected chi connectivity index (χ2v) is 12.6. The molecule has 0 bridgehead atoms. The van der Waals surface area contributed by atoms with Crippen molar-refractivity contribution in [3.05, 3.63) is 120 Å². The van der Waals surface area contributed by atoms with Crippen molar-refractivity contribution in [1.82, 2.24) is 0 Å². The Kier molecular flexibility index (Phi) is 10.3. The molecule has 0 aliphatic carbocycles. The van der Waals surface area contributed by atoms with Gasteiger partial charge in [0.25, 0.3) is 0 Å². The van der Waals surface area contributed by atoms with E-state index in [0.717, 1.165) is 79.9 Å². The maximum atomic E-state index is 13.3. The first-order chi connectivity index (χ1) is 22.2. The summed E-state index contributed by atoms with van der Waals surface area (Å²) in [5, 5.41) is 8.87. The lowest BCUT2D eigenvalue weighted by Crippen LogP contribution is -2.02. The topological polar surface area (TPSA) is 34.1 Å². The summed E-state index contributed by atoms with van der Waals surface area (Å²) in [7, 11) is 0. The van der Waals surface area contributed by atoms with Crippen molar-refractivity contribution in [3.63, 3.8) is 0 Å².